The number of tetrazole rings is 1. The summed E-state index contributed by atoms with van der Waals surface area (Å²) in [4.78, 5) is 21.6. The summed E-state index contributed by atoms with van der Waals surface area (Å²) in [6.45, 7) is 2.57. The molecule has 4 aromatic heterocycles. The van der Waals surface area contributed by atoms with Gasteiger partial charge in [-0.15, -0.1) is 5.10 Å². The van der Waals surface area contributed by atoms with E-state index in [1.165, 1.54) is 0 Å². The molecule has 4 aromatic carbocycles. The number of halogens is 2. The highest BCUT2D eigenvalue weighted by molar-refractivity contribution is 9.10. The standard InChI is InChI=1S/C42H34BrClN8O/c1-2-3-23-36-46-40(44)35(28-53)50(36)26-29-24-25-37-45-38(39(43)51(37)27-29)33-21-13-14-22-34(33)41-47-48-49-52(41)42(30-15-7-4-8-16-30,31-17-9-5-10-18-31)32-19-11-6-12-20-32/h4-22,24-25,27-28H,2-3,23,26H2,1H3. The molecule has 262 valence electrons. The van der Waals surface area contributed by atoms with Gasteiger partial charge in [0, 0.05) is 23.7 Å². The van der Waals surface area contributed by atoms with Crippen LogP contribution in [0.15, 0.2) is 138 Å². The highest BCUT2D eigenvalue weighted by Gasteiger charge is 2.42. The summed E-state index contributed by atoms with van der Waals surface area (Å²) in [6, 6.07) is 43.1. The first kappa shape index (κ1) is 34.4. The zero-order valence-corrected chi connectivity index (χ0v) is 31.2. The number of hydrogen-bond acceptors (Lipinski definition) is 6. The second kappa shape index (κ2) is 14.7. The summed E-state index contributed by atoms with van der Waals surface area (Å²) < 4.78 is 6.62. The van der Waals surface area contributed by atoms with Crippen LogP contribution in [0.3, 0.4) is 0 Å². The van der Waals surface area contributed by atoms with Crippen molar-refractivity contribution in [2.75, 3.05) is 0 Å². The van der Waals surface area contributed by atoms with Gasteiger partial charge in [0.05, 0.1) is 6.54 Å². The van der Waals surface area contributed by atoms with Gasteiger partial charge in [-0.3, -0.25) is 9.20 Å². The lowest BCUT2D eigenvalue weighted by Crippen LogP contribution is -2.39. The first-order chi connectivity index (χ1) is 26.0. The molecule has 8 rings (SSSR count). The van der Waals surface area contributed by atoms with E-state index in [4.69, 9.17) is 26.9 Å². The maximum absolute atomic E-state index is 12.0. The largest absolute Gasteiger partial charge is 0.320 e. The zero-order valence-electron chi connectivity index (χ0n) is 28.8. The molecule has 4 heterocycles. The Morgan fingerprint density at radius 1 is 0.774 bits per heavy atom. The number of aldehydes is 1. The first-order valence-electron chi connectivity index (χ1n) is 17.5. The third-order valence-electron chi connectivity index (χ3n) is 9.65. The number of carbonyl (C=O) groups is 1. The van der Waals surface area contributed by atoms with Crippen molar-refractivity contribution in [1.29, 1.82) is 0 Å². The molecular formula is C42H34BrClN8O. The SMILES string of the molecule is CCCCc1nc(Cl)c(C=O)n1Cc1ccc2nc(-c3ccccc3-c3nnnn3C(c3ccccc3)(c3ccccc3)c3ccccc3)c(Br)n2c1. The Morgan fingerprint density at radius 3 is 1.98 bits per heavy atom. The Hall–Kier alpha value is -5.71. The van der Waals surface area contributed by atoms with Crippen molar-refractivity contribution in [2.45, 2.75) is 38.3 Å². The molecule has 0 fully saturated rings. The fourth-order valence-corrected chi connectivity index (χ4v) is 8.00. The second-order valence-corrected chi connectivity index (χ2v) is 13.9. The zero-order chi connectivity index (χ0) is 36.4. The van der Waals surface area contributed by atoms with Gasteiger partial charge < -0.3 is 4.57 Å². The topological polar surface area (TPSA) is 95.8 Å². The number of carbonyl (C=O) groups excluding carboxylic acids is 1. The molecule has 0 bridgehead atoms. The third-order valence-corrected chi connectivity index (χ3v) is 10.7. The van der Waals surface area contributed by atoms with Crippen LogP contribution in [0, 0.1) is 0 Å². The minimum atomic E-state index is -0.909. The summed E-state index contributed by atoms with van der Waals surface area (Å²) in [5.41, 5.74) is 6.64. The van der Waals surface area contributed by atoms with Crippen LogP contribution in [0.2, 0.25) is 5.15 Å². The fraction of sp³-hybridized carbons (Fsp3) is 0.143. The molecule has 8 aromatic rings. The van der Waals surface area contributed by atoms with E-state index in [2.05, 4.69) is 69.4 Å². The Morgan fingerprint density at radius 2 is 1.38 bits per heavy atom. The minimum absolute atomic E-state index is 0.230. The molecule has 0 N–H and O–H groups in total. The van der Waals surface area contributed by atoms with Crippen molar-refractivity contribution in [3.63, 3.8) is 0 Å². The average Bonchev–Trinajstić information content (AvgIpc) is 3.91. The lowest BCUT2D eigenvalue weighted by molar-refractivity contribution is 0.111. The number of aryl methyl sites for hydroxylation is 1. The van der Waals surface area contributed by atoms with Crippen LogP contribution >= 0.6 is 27.5 Å². The number of pyridine rings is 1. The summed E-state index contributed by atoms with van der Waals surface area (Å²) in [5, 5.41) is 14.0. The molecule has 53 heavy (non-hydrogen) atoms. The van der Waals surface area contributed by atoms with E-state index in [9.17, 15) is 4.79 Å². The summed E-state index contributed by atoms with van der Waals surface area (Å²) in [6.07, 6.45) is 5.51. The molecule has 0 unspecified atom stereocenters. The van der Waals surface area contributed by atoms with E-state index in [-0.39, 0.29) is 5.15 Å². The van der Waals surface area contributed by atoms with Gasteiger partial charge in [0.2, 0.25) is 0 Å². The van der Waals surface area contributed by atoms with Crippen LogP contribution < -0.4 is 0 Å². The number of unbranched alkanes of at least 4 members (excludes halogenated alkanes) is 1. The van der Waals surface area contributed by atoms with Gasteiger partial charge in [0.1, 0.15) is 33.0 Å². The molecule has 0 spiro atoms. The maximum Gasteiger partial charge on any atom is 0.184 e. The molecule has 0 atom stereocenters. The van der Waals surface area contributed by atoms with Crippen LogP contribution in [0.5, 0.6) is 0 Å². The number of benzene rings is 4. The first-order valence-corrected chi connectivity index (χ1v) is 18.6. The van der Waals surface area contributed by atoms with Crippen LogP contribution in [-0.4, -0.2) is 45.4 Å². The van der Waals surface area contributed by atoms with E-state index in [0.29, 0.717) is 18.1 Å². The van der Waals surface area contributed by atoms with Gasteiger partial charge in [-0.1, -0.05) is 146 Å². The number of nitrogens with zero attached hydrogens (tertiary/aromatic N) is 8. The van der Waals surface area contributed by atoms with E-state index in [1.54, 1.807) is 0 Å². The molecule has 0 saturated heterocycles. The van der Waals surface area contributed by atoms with Gasteiger partial charge >= 0.3 is 0 Å². The normalized spacial score (nSPS) is 11.7. The van der Waals surface area contributed by atoms with Crippen LogP contribution in [-0.2, 0) is 18.5 Å². The monoisotopic (exact) mass is 780 g/mol. The molecule has 0 aliphatic carbocycles. The molecule has 0 saturated carbocycles. The summed E-state index contributed by atoms with van der Waals surface area (Å²) >= 11 is 10.3. The highest BCUT2D eigenvalue weighted by atomic mass is 79.9. The average molecular weight is 782 g/mol. The molecule has 0 radical (unpaired) electrons. The number of hydrogen-bond donors (Lipinski definition) is 0. The van der Waals surface area contributed by atoms with Gasteiger partial charge in [0.15, 0.2) is 17.3 Å². The van der Waals surface area contributed by atoms with Gasteiger partial charge in [-0.25, -0.2) is 14.6 Å². The van der Waals surface area contributed by atoms with Crippen molar-refractivity contribution >= 4 is 39.5 Å². The lowest BCUT2D eigenvalue weighted by Gasteiger charge is -2.36. The van der Waals surface area contributed by atoms with E-state index in [0.717, 1.165) is 80.7 Å². The van der Waals surface area contributed by atoms with Gasteiger partial charge in [-0.2, -0.15) is 0 Å². The number of imidazole rings is 2. The summed E-state index contributed by atoms with van der Waals surface area (Å²) in [7, 11) is 0. The quantitative estimate of drug-likeness (QED) is 0.0906. The van der Waals surface area contributed by atoms with E-state index >= 15 is 0 Å². The van der Waals surface area contributed by atoms with E-state index in [1.807, 2.05) is 111 Å². The number of aromatic nitrogens is 8. The Balaban J connectivity index is 1.27. The molecule has 11 heteroatoms. The Kier molecular flexibility index (Phi) is 9.55. The van der Waals surface area contributed by atoms with Crippen LogP contribution in [0.1, 0.15) is 58.3 Å². The molecule has 0 aliphatic heterocycles. The van der Waals surface area contributed by atoms with Crippen molar-refractivity contribution in [2.24, 2.45) is 0 Å². The van der Waals surface area contributed by atoms with Crippen molar-refractivity contribution in [3.8, 4) is 22.6 Å². The number of rotatable bonds is 12. The minimum Gasteiger partial charge on any atom is -0.320 e. The third kappa shape index (κ3) is 6.07. The van der Waals surface area contributed by atoms with E-state index < -0.39 is 5.54 Å². The molecule has 0 aliphatic rings. The number of fused-ring (bicyclic) bond motifs is 1. The maximum atomic E-state index is 12.0. The lowest BCUT2D eigenvalue weighted by atomic mass is 9.77. The van der Waals surface area contributed by atoms with Crippen LogP contribution in [0.4, 0.5) is 0 Å². The molecule has 0 amide bonds. The predicted octanol–water partition coefficient (Wildman–Crippen LogP) is 9.31. The van der Waals surface area contributed by atoms with Crippen molar-refractivity contribution in [3.05, 3.63) is 177 Å². The second-order valence-electron chi connectivity index (χ2n) is 12.8. The molecule has 9 nitrogen and oxygen atoms in total. The molecular weight excluding hydrogens is 748 g/mol. The van der Waals surface area contributed by atoms with Crippen LogP contribution in [0.25, 0.3) is 28.3 Å². The summed E-state index contributed by atoms with van der Waals surface area (Å²) in [5.74, 6) is 1.38. The van der Waals surface area contributed by atoms with Crippen molar-refractivity contribution in [1.82, 2.24) is 39.1 Å². The highest BCUT2D eigenvalue weighted by Crippen LogP contribution is 2.44. The van der Waals surface area contributed by atoms with Crippen molar-refractivity contribution < 1.29 is 4.79 Å². The van der Waals surface area contributed by atoms with Gasteiger partial charge in [0.25, 0.3) is 0 Å². The Labute approximate surface area is 320 Å². The predicted molar refractivity (Wildman–Crippen MR) is 210 cm³/mol. The Bertz CT molecular complexity index is 2430. The van der Waals surface area contributed by atoms with Gasteiger partial charge in [-0.05, 0) is 61.1 Å². The fourth-order valence-electron chi connectivity index (χ4n) is 7.17. The smallest absolute Gasteiger partial charge is 0.184 e.